The fourth-order valence-corrected chi connectivity index (χ4v) is 4.34. The third-order valence-corrected chi connectivity index (χ3v) is 5.59. The van der Waals surface area contributed by atoms with Gasteiger partial charge in [-0.25, -0.2) is 13.1 Å². The van der Waals surface area contributed by atoms with Crippen LogP contribution in [0.3, 0.4) is 0 Å². The van der Waals surface area contributed by atoms with E-state index >= 15 is 0 Å². The minimum atomic E-state index is -3.09. The van der Waals surface area contributed by atoms with Crippen molar-refractivity contribution >= 4 is 10.0 Å². The Balaban J connectivity index is 1.63. The second-order valence-electron chi connectivity index (χ2n) is 6.12. The first kappa shape index (κ1) is 14.3. The second kappa shape index (κ2) is 5.88. The van der Waals surface area contributed by atoms with Gasteiger partial charge in [-0.2, -0.15) is 0 Å². The molecule has 2 saturated carbocycles. The van der Waals surface area contributed by atoms with Gasteiger partial charge in [0.1, 0.15) is 0 Å². The molecular formula is C13H26N2O2S. The molecule has 0 spiro atoms. The lowest BCUT2D eigenvalue weighted by Gasteiger charge is -2.24. The fraction of sp³-hybridized carbons (Fsp3) is 1.00. The summed E-state index contributed by atoms with van der Waals surface area (Å²) in [7, 11) is -3.09. The average Bonchev–Trinajstić information content (AvgIpc) is 3.00. The molecule has 2 fully saturated rings. The summed E-state index contributed by atoms with van der Waals surface area (Å²) in [5.74, 6) is 0.273. The summed E-state index contributed by atoms with van der Waals surface area (Å²) in [6.07, 6.45) is 8.54. The molecule has 0 aromatic rings. The summed E-state index contributed by atoms with van der Waals surface area (Å²) in [6.45, 7) is 2.99. The Labute approximate surface area is 111 Å². The lowest BCUT2D eigenvalue weighted by atomic mass is 10.0. The normalized spacial score (nSPS) is 23.4. The summed E-state index contributed by atoms with van der Waals surface area (Å²) >= 11 is 0. The average molecular weight is 274 g/mol. The van der Waals surface area contributed by atoms with Gasteiger partial charge in [-0.1, -0.05) is 12.8 Å². The van der Waals surface area contributed by atoms with E-state index in [1.54, 1.807) is 0 Å². The maximum atomic E-state index is 12.0. The maximum absolute atomic E-state index is 12.0. The van der Waals surface area contributed by atoms with Crippen molar-refractivity contribution in [2.24, 2.45) is 0 Å². The molecule has 106 valence electrons. The summed E-state index contributed by atoms with van der Waals surface area (Å²) in [5, 5.41) is 3.41. The van der Waals surface area contributed by atoms with Crippen LogP contribution in [0.1, 0.15) is 58.3 Å². The van der Waals surface area contributed by atoms with E-state index in [9.17, 15) is 8.42 Å². The Morgan fingerprint density at radius 2 is 1.83 bits per heavy atom. The highest BCUT2D eigenvalue weighted by Crippen LogP contribution is 2.29. The number of rotatable bonds is 8. The van der Waals surface area contributed by atoms with Crippen molar-refractivity contribution < 1.29 is 8.42 Å². The number of nitrogens with one attached hydrogen (secondary N) is 2. The Morgan fingerprint density at radius 3 is 2.44 bits per heavy atom. The SMILES string of the molecule is CC1(NS(=O)(=O)CCCCNC2CC2)CCCC1. The smallest absolute Gasteiger partial charge is 0.212 e. The molecule has 2 rings (SSSR count). The van der Waals surface area contributed by atoms with Crippen LogP contribution in [0.4, 0.5) is 0 Å². The monoisotopic (exact) mass is 274 g/mol. The molecule has 0 radical (unpaired) electrons. The van der Waals surface area contributed by atoms with Crippen LogP contribution in [0, 0.1) is 0 Å². The topological polar surface area (TPSA) is 58.2 Å². The minimum Gasteiger partial charge on any atom is -0.314 e. The molecule has 0 aliphatic heterocycles. The minimum absolute atomic E-state index is 0.176. The zero-order valence-corrected chi connectivity index (χ0v) is 12.2. The maximum Gasteiger partial charge on any atom is 0.212 e. The molecule has 0 saturated heterocycles. The zero-order chi connectivity index (χ0) is 13.1. The molecule has 0 unspecified atom stereocenters. The van der Waals surface area contributed by atoms with Gasteiger partial charge in [-0.05, 0) is 52.0 Å². The zero-order valence-electron chi connectivity index (χ0n) is 11.4. The van der Waals surface area contributed by atoms with Crippen LogP contribution in [0.2, 0.25) is 0 Å². The van der Waals surface area contributed by atoms with E-state index in [1.165, 1.54) is 12.8 Å². The van der Waals surface area contributed by atoms with Crippen LogP contribution in [-0.4, -0.2) is 32.3 Å². The Bertz CT molecular complexity index is 357. The Kier molecular flexibility index (Phi) is 4.67. The van der Waals surface area contributed by atoms with Crippen molar-refractivity contribution in [1.82, 2.24) is 10.0 Å². The predicted molar refractivity (Wildman–Crippen MR) is 74.1 cm³/mol. The van der Waals surface area contributed by atoms with Crippen molar-refractivity contribution in [2.45, 2.75) is 69.9 Å². The Morgan fingerprint density at radius 1 is 1.17 bits per heavy atom. The first-order valence-electron chi connectivity index (χ1n) is 7.24. The lowest BCUT2D eigenvalue weighted by Crippen LogP contribution is -2.44. The van der Waals surface area contributed by atoms with Crippen LogP contribution in [-0.2, 0) is 10.0 Å². The standard InChI is InChI=1S/C13H26N2O2S/c1-13(8-2-3-9-13)15-18(16,17)11-5-4-10-14-12-6-7-12/h12,14-15H,2-11H2,1H3. The van der Waals surface area contributed by atoms with Crippen LogP contribution in [0.5, 0.6) is 0 Å². The summed E-state index contributed by atoms with van der Waals surface area (Å²) in [4.78, 5) is 0. The van der Waals surface area contributed by atoms with Crippen LogP contribution in [0.25, 0.3) is 0 Å². The van der Waals surface area contributed by atoms with Gasteiger partial charge in [-0.3, -0.25) is 0 Å². The number of hydrogen-bond acceptors (Lipinski definition) is 3. The van der Waals surface area contributed by atoms with Gasteiger partial charge in [-0.15, -0.1) is 0 Å². The first-order chi connectivity index (χ1) is 8.49. The molecule has 0 aromatic carbocycles. The highest BCUT2D eigenvalue weighted by atomic mass is 32.2. The molecule has 2 aliphatic carbocycles. The lowest BCUT2D eigenvalue weighted by molar-refractivity contribution is 0.427. The summed E-state index contributed by atoms with van der Waals surface area (Å²) in [5.41, 5.74) is -0.176. The predicted octanol–water partition coefficient (Wildman–Crippen LogP) is 1.77. The van der Waals surface area contributed by atoms with E-state index in [0.717, 1.165) is 51.1 Å². The van der Waals surface area contributed by atoms with E-state index in [2.05, 4.69) is 10.0 Å². The van der Waals surface area contributed by atoms with Crippen molar-refractivity contribution in [1.29, 1.82) is 0 Å². The summed E-state index contributed by atoms with van der Waals surface area (Å²) in [6, 6.07) is 0.720. The van der Waals surface area contributed by atoms with Gasteiger partial charge >= 0.3 is 0 Å². The molecule has 2 aliphatic rings. The molecule has 0 heterocycles. The van der Waals surface area contributed by atoms with E-state index in [4.69, 9.17) is 0 Å². The summed E-state index contributed by atoms with van der Waals surface area (Å²) < 4.78 is 26.8. The van der Waals surface area contributed by atoms with Crippen molar-refractivity contribution in [2.75, 3.05) is 12.3 Å². The molecule has 2 N–H and O–H groups in total. The highest BCUT2D eigenvalue weighted by molar-refractivity contribution is 7.89. The van der Waals surface area contributed by atoms with E-state index in [-0.39, 0.29) is 11.3 Å². The van der Waals surface area contributed by atoms with Crippen LogP contribution in [0.15, 0.2) is 0 Å². The van der Waals surface area contributed by atoms with Crippen LogP contribution < -0.4 is 10.0 Å². The van der Waals surface area contributed by atoms with Crippen LogP contribution >= 0.6 is 0 Å². The molecule has 0 amide bonds. The largest absolute Gasteiger partial charge is 0.314 e. The third kappa shape index (κ3) is 4.86. The quantitative estimate of drug-likeness (QED) is 0.663. The molecule has 4 nitrogen and oxygen atoms in total. The van der Waals surface area contributed by atoms with E-state index < -0.39 is 10.0 Å². The van der Waals surface area contributed by atoms with Gasteiger partial charge in [0.2, 0.25) is 10.0 Å². The van der Waals surface area contributed by atoms with Gasteiger partial charge in [0.15, 0.2) is 0 Å². The molecule has 18 heavy (non-hydrogen) atoms. The van der Waals surface area contributed by atoms with Crippen molar-refractivity contribution in [3.63, 3.8) is 0 Å². The highest BCUT2D eigenvalue weighted by Gasteiger charge is 2.32. The number of sulfonamides is 1. The van der Waals surface area contributed by atoms with Gasteiger partial charge in [0, 0.05) is 11.6 Å². The van der Waals surface area contributed by atoms with Gasteiger partial charge < -0.3 is 5.32 Å². The molecular weight excluding hydrogens is 248 g/mol. The van der Waals surface area contributed by atoms with Gasteiger partial charge in [0.05, 0.1) is 5.75 Å². The van der Waals surface area contributed by atoms with E-state index in [0.29, 0.717) is 0 Å². The molecule has 0 aromatic heterocycles. The van der Waals surface area contributed by atoms with Crippen molar-refractivity contribution in [3.05, 3.63) is 0 Å². The number of hydrogen-bond donors (Lipinski definition) is 2. The van der Waals surface area contributed by atoms with Gasteiger partial charge in [0.25, 0.3) is 0 Å². The molecule has 0 bridgehead atoms. The first-order valence-corrected chi connectivity index (χ1v) is 8.89. The number of unbranched alkanes of at least 4 members (excludes halogenated alkanes) is 1. The van der Waals surface area contributed by atoms with Crippen molar-refractivity contribution in [3.8, 4) is 0 Å². The van der Waals surface area contributed by atoms with E-state index in [1.807, 2.05) is 6.92 Å². The Hall–Kier alpha value is -0.130. The third-order valence-electron chi connectivity index (χ3n) is 3.96. The molecule has 5 heteroatoms. The second-order valence-corrected chi connectivity index (χ2v) is 7.97. The molecule has 0 atom stereocenters. The fourth-order valence-electron chi connectivity index (χ4n) is 2.69.